The molecule has 0 bridgehead atoms. The van der Waals surface area contributed by atoms with Crippen molar-refractivity contribution >= 4 is 11.4 Å². The van der Waals surface area contributed by atoms with E-state index >= 15 is 0 Å². The minimum Gasteiger partial charge on any atom is -0.508 e. The molecule has 31 heavy (non-hydrogen) atoms. The van der Waals surface area contributed by atoms with Gasteiger partial charge in [0.15, 0.2) is 5.71 Å². The Balaban J connectivity index is 1.75. The number of fused-ring (bicyclic) bond motifs is 2. The molecular formula is C28H34NO2+. The summed E-state index contributed by atoms with van der Waals surface area (Å²) < 4.78 is 2.34. The van der Waals surface area contributed by atoms with Crippen molar-refractivity contribution in [1.29, 1.82) is 0 Å². The molecule has 4 rings (SSSR count). The van der Waals surface area contributed by atoms with Gasteiger partial charge in [-0.1, -0.05) is 44.6 Å². The average molecular weight is 417 g/mol. The Morgan fingerprint density at radius 1 is 0.903 bits per heavy atom. The third kappa shape index (κ3) is 3.22. The van der Waals surface area contributed by atoms with Crippen molar-refractivity contribution in [2.24, 2.45) is 0 Å². The summed E-state index contributed by atoms with van der Waals surface area (Å²) in [6.07, 6.45) is 7.74. The van der Waals surface area contributed by atoms with Gasteiger partial charge in [0.05, 0.1) is 5.41 Å². The Hall–Kier alpha value is -2.81. The lowest BCUT2D eigenvalue weighted by molar-refractivity contribution is -0.433. The van der Waals surface area contributed by atoms with Gasteiger partial charge < -0.3 is 10.2 Å². The molecule has 1 atom stereocenters. The quantitative estimate of drug-likeness (QED) is 0.562. The lowest BCUT2D eigenvalue weighted by Crippen LogP contribution is -2.27. The van der Waals surface area contributed by atoms with Gasteiger partial charge in [-0.2, -0.15) is 4.58 Å². The van der Waals surface area contributed by atoms with E-state index in [9.17, 15) is 10.2 Å². The molecule has 0 saturated heterocycles. The van der Waals surface area contributed by atoms with Crippen LogP contribution in [0.25, 0.3) is 0 Å². The molecule has 0 aromatic heterocycles. The second-order valence-electron chi connectivity index (χ2n) is 9.79. The third-order valence-electron chi connectivity index (χ3n) is 7.31. The van der Waals surface area contributed by atoms with Crippen molar-refractivity contribution in [3.63, 3.8) is 0 Å². The fourth-order valence-electron chi connectivity index (χ4n) is 5.66. The molecule has 0 spiro atoms. The Kier molecular flexibility index (Phi) is 5.12. The molecule has 3 heteroatoms. The van der Waals surface area contributed by atoms with Gasteiger partial charge in [-0.25, -0.2) is 0 Å². The van der Waals surface area contributed by atoms with E-state index in [1.165, 1.54) is 28.1 Å². The number of hydrogen-bond donors (Lipinski definition) is 2. The van der Waals surface area contributed by atoms with Crippen molar-refractivity contribution in [3.05, 3.63) is 76.9 Å². The number of phenolic OH excluding ortho intramolecular Hbond substituents is 2. The van der Waals surface area contributed by atoms with E-state index in [-0.39, 0.29) is 10.8 Å². The van der Waals surface area contributed by atoms with Crippen LogP contribution in [0.1, 0.15) is 70.6 Å². The number of aromatic hydroxyl groups is 2. The smallest absolute Gasteiger partial charge is 0.210 e. The fourth-order valence-corrected chi connectivity index (χ4v) is 5.66. The van der Waals surface area contributed by atoms with Crippen molar-refractivity contribution in [1.82, 2.24) is 0 Å². The predicted octanol–water partition coefficient (Wildman–Crippen LogP) is 6.46. The van der Waals surface area contributed by atoms with E-state index in [2.05, 4.69) is 70.4 Å². The standard InChI is InChI=1S/C28H33NO2/c1-7-20-21-14-12-18(30)16-23(21)27(3,4)22(20)10-9-11-26-28(5,6)24-17-19(31)13-15-25(24)29(26)8-2/h9-17,20H,7-8H2,1-6H3,(H-,30,31)/p+1/b11-9+,22-10?. The van der Waals surface area contributed by atoms with Crippen LogP contribution in [0.4, 0.5) is 5.69 Å². The molecule has 3 nitrogen and oxygen atoms in total. The van der Waals surface area contributed by atoms with Gasteiger partial charge in [-0.05, 0) is 62.6 Å². The van der Waals surface area contributed by atoms with E-state index in [0.29, 0.717) is 17.4 Å². The molecule has 2 aliphatic rings. The van der Waals surface area contributed by atoms with E-state index in [1.807, 2.05) is 18.2 Å². The number of allylic oxidation sites excluding steroid dienone is 4. The van der Waals surface area contributed by atoms with Crippen LogP contribution >= 0.6 is 0 Å². The largest absolute Gasteiger partial charge is 0.508 e. The Bertz CT molecular complexity index is 1130. The van der Waals surface area contributed by atoms with Gasteiger partial charge >= 0.3 is 0 Å². The molecule has 0 saturated carbocycles. The zero-order valence-electron chi connectivity index (χ0n) is 19.5. The summed E-state index contributed by atoms with van der Waals surface area (Å²) in [7, 11) is 0. The van der Waals surface area contributed by atoms with Crippen LogP contribution in [0.15, 0.2) is 60.2 Å². The average Bonchev–Trinajstić information content (AvgIpc) is 3.06. The maximum atomic E-state index is 10.1. The topological polar surface area (TPSA) is 43.5 Å². The normalized spacial score (nSPS) is 22.4. The summed E-state index contributed by atoms with van der Waals surface area (Å²) in [5.41, 5.74) is 7.23. The van der Waals surface area contributed by atoms with Crippen LogP contribution in [0.2, 0.25) is 0 Å². The third-order valence-corrected chi connectivity index (χ3v) is 7.31. The highest BCUT2D eigenvalue weighted by atomic mass is 16.3. The van der Waals surface area contributed by atoms with Crippen molar-refractivity contribution in [2.75, 3.05) is 6.54 Å². The van der Waals surface area contributed by atoms with E-state index in [4.69, 9.17) is 0 Å². The van der Waals surface area contributed by atoms with Crippen molar-refractivity contribution in [3.8, 4) is 11.5 Å². The molecule has 2 aromatic carbocycles. The Labute approximate surface area is 186 Å². The highest BCUT2D eigenvalue weighted by Crippen LogP contribution is 2.52. The van der Waals surface area contributed by atoms with Crippen molar-refractivity contribution < 1.29 is 14.8 Å². The zero-order chi connectivity index (χ0) is 22.6. The Morgan fingerprint density at radius 3 is 2.19 bits per heavy atom. The maximum absolute atomic E-state index is 10.1. The summed E-state index contributed by atoms with van der Waals surface area (Å²) in [4.78, 5) is 0. The first-order valence-corrected chi connectivity index (χ1v) is 11.3. The second-order valence-corrected chi connectivity index (χ2v) is 9.79. The molecule has 1 aliphatic carbocycles. The fraction of sp³-hybridized carbons (Fsp3) is 0.393. The van der Waals surface area contributed by atoms with Gasteiger partial charge in [0.1, 0.15) is 18.0 Å². The van der Waals surface area contributed by atoms with Crippen LogP contribution in [0, 0.1) is 0 Å². The summed E-state index contributed by atoms with van der Waals surface area (Å²) in [6, 6.07) is 11.5. The number of hydrogen-bond acceptors (Lipinski definition) is 2. The molecule has 2 aromatic rings. The molecule has 2 N–H and O–H groups in total. The molecule has 0 radical (unpaired) electrons. The summed E-state index contributed by atoms with van der Waals surface area (Å²) >= 11 is 0. The summed E-state index contributed by atoms with van der Waals surface area (Å²) in [5, 5.41) is 20.1. The summed E-state index contributed by atoms with van der Waals surface area (Å²) in [5.74, 6) is 1.02. The number of rotatable bonds is 4. The van der Waals surface area contributed by atoms with Gasteiger partial charge in [0.2, 0.25) is 5.69 Å². The molecule has 1 unspecified atom stereocenters. The van der Waals surface area contributed by atoms with Crippen molar-refractivity contribution in [2.45, 2.75) is 64.7 Å². The van der Waals surface area contributed by atoms with Crippen LogP contribution in [0.5, 0.6) is 11.5 Å². The van der Waals surface area contributed by atoms with Gasteiger partial charge in [-0.15, -0.1) is 0 Å². The Morgan fingerprint density at radius 2 is 1.55 bits per heavy atom. The van der Waals surface area contributed by atoms with Crippen LogP contribution < -0.4 is 0 Å². The van der Waals surface area contributed by atoms with Crippen LogP contribution in [-0.2, 0) is 10.8 Å². The molecule has 162 valence electrons. The van der Waals surface area contributed by atoms with Gasteiger partial charge in [-0.3, -0.25) is 0 Å². The van der Waals surface area contributed by atoms with Crippen LogP contribution in [0.3, 0.4) is 0 Å². The van der Waals surface area contributed by atoms with E-state index in [0.717, 1.165) is 18.5 Å². The molecule has 1 aliphatic heterocycles. The number of benzene rings is 2. The van der Waals surface area contributed by atoms with E-state index < -0.39 is 0 Å². The molecule has 1 heterocycles. The van der Waals surface area contributed by atoms with Crippen LogP contribution in [-0.4, -0.2) is 27.0 Å². The first kappa shape index (κ1) is 21.4. The highest BCUT2D eigenvalue weighted by Gasteiger charge is 2.44. The zero-order valence-corrected chi connectivity index (χ0v) is 19.5. The first-order chi connectivity index (χ1) is 14.6. The lowest BCUT2D eigenvalue weighted by atomic mass is 9.79. The molecular weight excluding hydrogens is 382 g/mol. The minimum absolute atomic E-state index is 0.117. The predicted molar refractivity (Wildman–Crippen MR) is 128 cm³/mol. The van der Waals surface area contributed by atoms with E-state index in [1.54, 1.807) is 12.1 Å². The molecule has 0 amide bonds. The highest BCUT2D eigenvalue weighted by molar-refractivity contribution is 6.03. The first-order valence-electron chi connectivity index (χ1n) is 11.3. The number of phenols is 2. The van der Waals surface area contributed by atoms with Gasteiger partial charge in [0.25, 0.3) is 0 Å². The summed E-state index contributed by atoms with van der Waals surface area (Å²) in [6.45, 7) is 14.2. The maximum Gasteiger partial charge on any atom is 0.210 e. The lowest BCUT2D eigenvalue weighted by Gasteiger charge is -2.24. The minimum atomic E-state index is -0.177. The monoisotopic (exact) mass is 416 g/mol. The molecule has 0 fully saturated rings. The van der Waals surface area contributed by atoms with Gasteiger partial charge in [0, 0.05) is 29.0 Å². The SMILES string of the molecule is CCC1C(=C/C=C/C2=[N+](CC)c3ccc(O)cc3C2(C)C)C(C)(C)c2cc(O)ccc21. The second kappa shape index (κ2) is 7.40. The number of nitrogens with zero attached hydrogens (tertiary/aromatic N) is 1.